The summed E-state index contributed by atoms with van der Waals surface area (Å²) in [6.45, 7) is 2.12. The van der Waals surface area contributed by atoms with Crippen molar-refractivity contribution in [2.75, 3.05) is 17.1 Å². The molecule has 0 spiro atoms. The van der Waals surface area contributed by atoms with Crippen molar-refractivity contribution in [1.29, 1.82) is 0 Å². The quantitative estimate of drug-likeness (QED) is 0.743. The molecule has 2 rings (SSSR count). The molecular formula is C11H13NO3S. The van der Waals surface area contributed by atoms with Gasteiger partial charge in [-0.25, -0.2) is 8.42 Å². The number of hydrogen-bond donors (Lipinski definition) is 0. The summed E-state index contributed by atoms with van der Waals surface area (Å²) in [6, 6.07) is 5.26. The summed E-state index contributed by atoms with van der Waals surface area (Å²) >= 11 is 0. The van der Waals surface area contributed by atoms with Gasteiger partial charge in [0, 0.05) is 18.5 Å². The topological polar surface area (TPSA) is 54.5 Å². The molecule has 4 nitrogen and oxygen atoms in total. The maximum Gasteiger partial charge on any atom is 0.232 e. The van der Waals surface area contributed by atoms with Gasteiger partial charge < -0.3 is 0 Å². The Morgan fingerprint density at radius 3 is 2.62 bits per heavy atom. The number of hydrogen-bond acceptors (Lipinski definition) is 3. The molecule has 0 radical (unpaired) electrons. The van der Waals surface area contributed by atoms with Gasteiger partial charge in [0.25, 0.3) is 0 Å². The lowest BCUT2D eigenvalue weighted by Crippen LogP contribution is -2.36. The van der Waals surface area contributed by atoms with E-state index in [-0.39, 0.29) is 18.7 Å². The number of aryl methyl sites for hydroxylation is 1. The van der Waals surface area contributed by atoms with Gasteiger partial charge in [-0.15, -0.1) is 0 Å². The maximum absolute atomic E-state index is 11.6. The molecular weight excluding hydrogens is 226 g/mol. The van der Waals surface area contributed by atoms with Crippen molar-refractivity contribution in [3.8, 4) is 0 Å². The molecule has 1 aliphatic rings. The molecule has 1 aromatic carbocycles. The highest BCUT2D eigenvalue weighted by atomic mass is 32.2. The molecule has 5 heteroatoms. The Morgan fingerprint density at radius 1 is 1.31 bits per heavy atom. The monoisotopic (exact) mass is 239 g/mol. The van der Waals surface area contributed by atoms with Crippen LogP contribution in [0.1, 0.15) is 22.3 Å². The predicted molar refractivity (Wildman–Crippen MR) is 62.3 cm³/mol. The van der Waals surface area contributed by atoms with Crippen LogP contribution in [0.4, 0.5) is 5.69 Å². The Kier molecular flexibility index (Phi) is 2.50. The first-order valence-corrected chi connectivity index (χ1v) is 6.86. The second-order valence-corrected chi connectivity index (χ2v) is 5.94. The Hall–Kier alpha value is -1.36. The van der Waals surface area contributed by atoms with Crippen molar-refractivity contribution < 1.29 is 13.2 Å². The average molecular weight is 239 g/mol. The molecule has 0 saturated heterocycles. The summed E-state index contributed by atoms with van der Waals surface area (Å²) in [4.78, 5) is 11.6. The second-order valence-electron chi connectivity index (χ2n) is 4.03. The predicted octanol–water partition coefficient (Wildman–Crippen LogP) is 1.35. The van der Waals surface area contributed by atoms with Crippen LogP contribution < -0.4 is 4.31 Å². The fourth-order valence-electron chi connectivity index (χ4n) is 1.89. The molecule has 1 aliphatic heterocycles. The van der Waals surface area contributed by atoms with Crippen LogP contribution in [-0.2, 0) is 10.0 Å². The van der Waals surface area contributed by atoms with Crippen LogP contribution >= 0.6 is 0 Å². The van der Waals surface area contributed by atoms with Gasteiger partial charge in [0.15, 0.2) is 5.78 Å². The number of Topliss-reactive ketones (excluding diaryl/α,β-unsaturated/α-hetero) is 1. The number of carbonyl (C=O) groups excluding carboxylic acids is 1. The lowest BCUT2D eigenvalue weighted by Gasteiger charge is -2.28. The molecule has 0 fully saturated rings. The number of carbonyl (C=O) groups is 1. The standard InChI is InChI=1S/C11H13NO3S/c1-8-3-4-9-10(7-8)12(16(2,14)15)6-5-11(9)13/h3-4,7H,5-6H2,1-2H3. The van der Waals surface area contributed by atoms with Gasteiger partial charge in [-0.05, 0) is 24.6 Å². The zero-order valence-corrected chi connectivity index (χ0v) is 10.0. The van der Waals surface area contributed by atoms with E-state index in [2.05, 4.69) is 0 Å². The molecule has 0 N–H and O–H groups in total. The molecule has 0 unspecified atom stereocenters. The lowest BCUT2D eigenvalue weighted by molar-refractivity contribution is 0.0982. The SMILES string of the molecule is Cc1ccc2c(c1)N(S(C)(=O)=O)CCC2=O. The Labute approximate surface area is 94.9 Å². The number of anilines is 1. The summed E-state index contributed by atoms with van der Waals surface area (Å²) in [5, 5.41) is 0. The van der Waals surface area contributed by atoms with E-state index in [4.69, 9.17) is 0 Å². The highest BCUT2D eigenvalue weighted by Crippen LogP contribution is 2.29. The summed E-state index contributed by atoms with van der Waals surface area (Å²) in [5.41, 5.74) is 1.96. The summed E-state index contributed by atoms with van der Waals surface area (Å²) < 4.78 is 24.5. The molecule has 86 valence electrons. The second kappa shape index (κ2) is 3.59. The van der Waals surface area contributed by atoms with Crippen LogP contribution in [-0.4, -0.2) is 27.0 Å². The largest absolute Gasteiger partial charge is 0.294 e. The van der Waals surface area contributed by atoms with Crippen LogP contribution in [0.2, 0.25) is 0 Å². The van der Waals surface area contributed by atoms with Gasteiger partial charge in [-0.2, -0.15) is 0 Å². The van der Waals surface area contributed by atoms with E-state index in [1.165, 1.54) is 4.31 Å². The van der Waals surface area contributed by atoms with E-state index in [0.29, 0.717) is 11.3 Å². The molecule has 0 atom stereocenters. The van der Waals surface area contributed by atoms with Crippen molar-refractivity contribution in [3.05, 3.63) is 29.3 Å². The van der Waals surface area contributed by atoms with Gasteiger partial charge in [-0.3, -0.25) is 9.10 Å². The number of sulfonamides is 1. The molecule has 1 heterocycles. The number of ketones is 1. The van der Waals surface area contributed by atoms with E-state index >= 15 is 0 Å². The van der Waals surface area contributed by atoms with E-state index in [0.717, 1.165) is 11.8 Å². The molecule has 0 amide bonds. The molecule has 0 bridgehead atoms. The van der Waals surface area contributed by atoms with Crippen LogP contribution in [0.5, 0.6) is 0 Å². The van der Waals surface area contributed by atoms with Crippen molar-refractivity contribution in [2.24, 2.45) is 0 Å². The highest BCUT2D eigenvalue weighted by Gasteiger charge is 2.28. The first-order valence-electron chi connectivity index (χ1n) is 5.01. The summed E-state index contributed by atoms with van der Waals surface area (Å²) in [7, 11) is -3.30. The lowest BCUT2D eigenvalue weighted by atomic mass is 10.0. The summed E-state index contributed by atoms with van der Waals surface area (Å²) in [6.07, 6.45) is 1.41. The molecule has 0 aliphatic carbocycles. The third kappa shape index (κ3) is 1.82. The minimum Gasteiger partial charge on any atom is -0.294 e. The fraction of sp³-hybridized carbons (Fsp3) is 0.364. The third-order valence-electron chi connectivity index (χ3n) is 2.66. The third-order valence-corrected chi connectivity index (χ3v) is 3.84. The Balaban J connectivity index is 2.63. The summed E-state index contributed by atoms with van der Waals surface area (Å²) in [5.74, 6) is 0.00917. The minimum absolute atomic E-state index is 0.00917. The Morgan fingerprint density at radius 2 is 2.00 bits per heavy atom. The van der Waals surface area contributed by atoms with Crippen LogP contribution in [0.15, 0.2) is 18.2 Å². The van der Waals surface area contributed by atoms with Gasteiger partial charge in [-0.1, -0.05) is 6.07 Å². The Bertz CT molecular complexity index is 548. The smallest absolute Gasteiger partial charge is 0.232 e. The minimum atomic E-state index is -3.30. The van der Waals surface area contributed by atoms with Crippen LogP contribution in [0.25, 0.3) is 0 Å². The zero-order chi connectivity index (χ0) is 11.9. The van der Waals surface area contributed by atoms with Gasteiger partial charge in [0.05, 0.1) is 11.9 Å². The fourth-order valence-corrected chi connectivity index (χ4v) is 2.82. The normalized spacial score (nSPS) is 16.1. The molecule has 0 aromatic heterocycles. The van der Waals surface area contributed by atoms with Crippen LogP contribution in [0, 0.1) is 6.92 Å². The number of nitrogens with zero attached hydrogens (tertiary/aromatic N) is 1. The van der Waals surface area contributed by atoms with Crippen LogP contribution in [0.3, 0.4) is 0 Å². The zero-order valence-electron chi connectivity index (χ0n) is 9.23. The van der Waals surface area contributed by atoms with E-state index < -0.39 is 10.0 Å². The maximum atomic E-state index is 11.6. The van der Waals surface area contributed by atoms with Gasteiger partial charge >= 0.3 is 0 Å². The van der Waals surface area contributed by atoms with E-state index in [1.54, 1.807) is 12.1 Å². The van der Waals surface area contributed by atoms with Crippen molar-refractivity contribution in [1.82, 2.24) is 0 Å². The number of benzene rings is 1. The number of fused-ring (bicyclic) bond motifs is 1. The van der Waals surface area contributed by atoms with Crippen molar-refractivity contribution in [2.45, 2.75) is 13.3 Å². The molecule has 16 heavy (non-hydrogen) atoms. The van der Waals surface area contributed by atoms with E-state index in [1.807, 2.05) is 13.0 Å². The highest BCUT2D eigenvalue weighted by molar-refractivity contribution is 7.92. The van der Waals surface area contributed by atoms with Gasteiger partial charge in [0.2, 0.25) is 10.0 Å². The molecule has 0 saturated carbocycles. The van der Waals surface area contributed by atoms with E-state index in [9.17, 15) is 13.2 Å². The average Bonchev–Trinajstić information content (AvgIpc) is 2.15. The first kappa shape index (κ1) is 11.1. The van der Waals surface area contributed by atoms with Crippen molar-refractivity contribution >= 4 is 21.5 Å². The van der Waals surface area contributed by atoms with Gasteiger partial charge in [0.1, 0.15) is 0 Å². The molecule has 1 aromatic rings. The number of rotatable bonds is 1. The first-order chi connectivity index (χ1) is 7.39. The van der Waals surface area contributed by atoms with Crippen molar-refractivity contribution in [3.63, 3.8) is 0 Å².